The maximum Gasteiger partial charge on any atom is 0.123 e. The van der Waals surface area contributed by atoms with Crippen molar-refractivity contribution in [3.05, 3.63) is 84.2 Å². The van der Waals surface area contributed by atoms with E-state index in [9.17, 15) is 0 Å². The molecule has 126 valence electrons. The Morgan fingerprint density at radius 3 is 2.64 bits per heavy atom. The van der Waals surface area contributed by atoms with E-state index in [4.69, 9.17) is 4.74 Å². The summed E-state index contributed by atoms with van der Waals surface area (Å²) in [5.74, 6) is 1.01. The molecule has 25 heavy (non-hydrogen) atoms. The topological polar surface area (TPSA) is 34.2 Å². The molecule has 1 aromatic heterocycles. The van der Waals surface area contributed by atoms with E-state index in [1.807, 2.05) is 31.6 Å². The zero-order chi connectivity index (χ0) is 17.1. The predicted octanol–water partition coefficient (Wildman–Crippen LogP) is 4.40. The van der Waals surface area contributed by atoms with Crippen molar-refractivity contribution in [2.24, 2.45) is 0 Å². The minimum atomic E-state index is 0.104. The number of likely N-dealkylation sites (N-methyl/N-ethyl adjacent to an activating group) is 1. The maximum absolute atomic E-state index is 6.29. The highest BCUT2D eigenvalue weighted by Crippen LogP contribution is 2.33. The molecule has 0 saturated heterocycles. The van der Waals surface area contributed by atoms with E-state index in [0.29, 0.717) is 0 Å². The molecule has 2 aromatic carbocycles. The Morgan fingerprint density at radius 1 is 1.00 bits per heavy atom. The molecule has 1 unspecified atom stereocenters. The van der Waals surface area contributed by atoms with E-state index in [1.165, 1.54) is 11.1 Å². The third-order valence-corrected chi connectivity index (χ3v) is 4.86. The molecule has 0 aliphatic carbocycles. The van der Waals surface area contributed by atoms with Crippen LogP contribution in [0.5, 0.6) is 5.75 Å². The molecule has 0 bridgehead atoms. The van der Waals surface area contributed by atoms with Gasteiger partial charge in [-0.3, -0.25) is 4.98 Å². The normalized spacial score (nSPS) is 17.4. The fraction of sp³-hybridized carbons (Fsp3) is 0.227. The third kappa shape index (κ3) is 3.28. The van der Waals surface area contributed by atoms with Gasteiger partial charge >= 0.3 is 0 Å². The lowest BCUT2D eigenvalue weighted by Gasteiger charge is -2.32. The summed E-state index contributed by atoms with van der Waals surface area (Å²) in [6, 6.07) is 21.0. The molecule has 0 fully saturated rings. The lowest BCUT2D eigenvalue weighted by atomic mass is 9.93. The summed E-state index contributed by atoms with van der Waals surface area (Å²) in [5, 5.41) is 3.43. The first-order chi connectivity index (χ1) is 12.3. The van der Waals surface area contributed by atoms with Crippen LogP contribution in [0.3, 0.4) is 0 Å². The SMILES string of the molecule is CNC(c1cncc(-c2ccccc2)c1)[C@@H]1CCc2ccccc2O1. The molecule has 2 atom stereocenters. The second-order valence-corrected chi connectivity index (χ2v) is 6.44. The Labute approximate surface area is 148 Å². The number of benzene rings is 2. The van der Waals surface area contributed by atoms with Crippen LogP contribution < -0.4 is 10.1 Å². The number of ether oxygens (including phenoxy) is 1. The van der Waals surface area contributed by atoms with E-state index in [2.05, 4.69) is 58.8 Å². The monoisotopic (exact) mass is 330 g/mol. The van der Waals surface area contributed by atoms with Crippen LogP contribution in [0.2, 0.25) is 0 Å². The molecule has 0 amide bonds. The molecule has 0 spiro atoms. The van der Waals surface area contributed by atoms with Gasteiger partial charge in [0.15, 0.2) is 0 Å². The second kappa shape index (κ2) is 7.08. The second-order valence-electron chi connectivity index (χ2n) is 6.44. The van der Waals surface area contributed by atoms with Crippen molar-refractivity contribution >= 4 is 0 Å². The first-order valence-corrected chi connectivity index (χ1v) is 8.77. The molecule has 1 aliphatic heterocycles. The zero-order valence-electron chi connectivity index (χ0n) is 14.4. The summed E-state index contributed by atoms with van der Waals surface area (Å²) < 4.78 is 6.29. The Bertz CT molecular complexity index is 847. The van der Waals surface area contributed by atoms with Crippen LogP contribution in [0.1, 0.15) is 23.6 Å². The third-order valence-electron chi connectivity index (χ3n) is 4.86. The average molecular weight is 330 g/mol. The number of fused-ring (bicyclic) bond motifs is 1. The van der Waals surface area contributed by atoms with Crippen LogP contribution in [0, 0.1) is 0 Å². The van der Waals surface area contributed by atoms with Gasteiger partial charge in [0, 0.05) is 18.0 Å². The van der Waals surface area contributed by atoms with E-state index < -0.39 is 0 Å². The van der Waals surface area contributed by atoms with E-state index in [0.717, 1.165) is 29.7 Å². The summed E-state index contributed by atoms with van der Waals surface area (Å²) in [6.07, 6.45) is 6.01. The number of pyridine rings is 1. The van der Waals surface area contributed by atoms with Crippen molar-refractivity contribution in [2.45, 2.75) is 25.0 Å². The molecule has 0 radical (unpaired) electrons. The number of aromatic nitrogens is 1. The van der Waals surface area contributed by atoms with Gasteiger partial charge in [-0.05, 0) is 48.7 Å². The molecule has 2 heterocycles. The number of nitrogens with one attached hydrogen (secondary N) is 1. The van der Waals surface area contributed by atoms with Crippen LogP contribution in [-0.2, 0) is 6.42 Å². The number of para-hydroxylation sites is 1. The Morgan fingerprint density at radius 2 is 1.80 bits per heavy atom. The van der Waals surface area contributed by atoms with E-state index in [-0.39, 0.29) is 12.1 Å². The standard InChI is InChI=1S/C22H22N2O/c1-23-22(21-12-11-17-9-5-6-10-20(17)25-21)19-13-18(14-24-15-19)16-7-3-2-4-8-16/h2-10,13-15,21-23H,11-12H2,1H3/t21-,22?/m0/s1. The Kier molecular flexibility index (Phi) is 4.49. The lowest BCUT2D eigenvalue weighted by Crippen LogP contribution is -2.36. The van der Waals surface area contributed by atoms with Crippen molar-refractivity contribution in [3.8, 4) is 16.9 Å². The first kappa shape index (κ1) is 15.9. The molecule has 3 aromatic rings. The average Bonchev–Trinajstić information content (AvgIpc) is 2.69. The Hall–Kier alpha value is -2.65. The fourth-order valence-corrected chi connectivity index (χ4v) is 3.56. The Balaban J connectivity index is 1.62. The van der Waals surface area contributed by atoms with Crippen LogP contribution in [0.25, 0.3) is 11.1 Å². The van der Waals surface area contributed by atoms with Gasteiger partial charge in [-0.2, -0.15) is 0 Å². The predicted molar refractivity (Wildman–Crippen MR) is 101 cm³/mol. The number of aryl methyl sites for hydroxylation is 1. The number of hydrogen-bond donors (Lipinski definition) is 1. The molecular weight excluding hydrogens is 308 g/mol. The van der Waals surface area contributed by atoms with Crippen molar-refractivity contribution in [3.63, 3.8) is 0 Å². The van der Waals surface area contributed by atoms with Gasteiger partial charge in [-0.1, -0.05) is 48.5 Å². The molecule has 3 nitrogen and oxygen atoms in total. The van der Waals surface area contributed by atoms with Gasteiger partial charge < -0.3 is 10.1 Å². The molecule has 1 N–H and O–H groups in total. The summed E-state index contributed by atoms with van der Waals surface area (Å²) in [7, 11) is 1.99. The quantitative estimate of drug-likeness (QED) is 0.770. The highest BCUT2D eigenvalue weighted by molar-refractivity contribution is 5.63. The molecule has 3 heteroatoms. The van der Waals surface area contributed by atoms with E-state index in [1.54, 1.807) is 0 Å². The van der Waals surface area contributed by atoms with Crippen molar-refractivity contribution in [1.29, 1.82) is 0 Å². The maximum atomic E-state index is 6.29. The van der Waals surface area contributed by atoms with Gasteiger partial charge in [0.1, 0.15) is 11.9 Å². The minimum Gasteiger partial charge on any atom is -0.488 e. The largest absolute Gasteiger partial charge is 0.488 e. The first-order valence-electron chi connectivity index (χ1n) is 8.77. The number of nitrogens with zero attached hydrogens (tertiary/aromatic N) is 1. The van der Waals surface area contributed by atoms with Crippen molar-refractivity contribution in [1.82, 2.24) is 10.3 Å². The molecule has 4 rings (SSSR count). The van der Waals surface area contributed by atoms with Crippen LogP contribution in [0.15, 0.2) is 73.1 Å². The van der Waals surface area contributed by atoms with Gasteiger partial charge in [-0.15, -0.1) is 0 Å². The van der Waals surface area contributed by atoms with E-state index >= 15 is 0 Å². The highest BCUT2D eigenvalue weighted by atomic mass is 16.5. The van der Waals surface area contributed by atoms with Gasteiger partial charge in [0.05, 0.1) is 6.04 Å². The van der Waals surface area contributed by atoms with Crippen LogP contribution in [0.4, 0.5) is 0 Å². The van der Waals surface area contributed by atoms with Gasteiger partial charge in [0.2, 0.25) is 0 Å². The summed E-state index contributed by atoms with van der Waals surface area (Å²) in [5.41, 5.74) is 4.77. The summed E-state index contributed by atoms with van der Waals surface area (Å²) in [6.45, 7) is 0. The van der Waals surface area contributed by atoms with Crippen molar-refractivity contribution in [2.75, 3.05) is 7.05 Å². The lowest BCUT2D eigenvalue weighted by molar-refractivity contribution is 0.132. The van der Waals surface area contributed by atoms with Crippen LogP contribution in [-0.4, -0.2) is 18.1 Å². The van der Waals surface area contributed by atoms with Gasteiger partial charge in [-0.25, -0.2) is 0 Å². The van der Waals surface area contributed by atoms with Crippen LogP contribution >= 0.6 is 0 Å². The summed E-state index contributed by atoms with van der Waals surface area (Å²) in [4.78, 5) is 4.47. The molecule has 0 saturated carbocycles. The number of rotatable bonds is 4. The fourth-order valence-electron chi connectivity index (χ4n) is 3.56. The minimum absolute atomic E-state index is 0.104. The molecular formula is C22H22N2O. The smallest absolute Gasteiger partial charge is 0.123 e. The van der Waals surface area contributed by atoms with Gasteiger partial charge in [0.25, 0.3) is 0 Å². The summed E-state index contributed by atoms with van der Waals surface area (Å²) >= 11 is 0. The number of hydrogen-bond acceptors (Lipinski definition) is 3. The zero-order valence-corrected chi connectivity index (χ0v) is 14.4. The highest BCUT2D eigenvalue weighted by Gasteiger charge is 2.28. The molecule has 1 aliphatic rings. The van der Waals surface area contributed by atoms with Crippen molar-refractivity contribution < 1.29 is 4.74 Å².